The zero-order valence-electron chi connectivity index (χ0n) is 13.1. The molecule has 1 atom stereocenters. The summed E-state index contributed by atoms with van der Waals surface area (Å²) >= 11 is 3.70. The first-order valence-electron chi connectivity index (χ1n) is 7.41. The van der Waals surface area contributed by atoms with E-state index in [4.69, 9.17) is 0 Å². The van der Waals surface area contributed by atoms with Crippen LogP contribution >= 0.6 is 15.9 Å². The van der Waals surface area contributed by atoms with E-state index in [0.29, 0.717) is 4.83 Å². The van der Waals surface area contributed by atoms with E-state index >= 15 is 0 Å². The quantitative estimate of drug-likeness (QED) is 0.459. The van der Waals surface area contributed by atoms with Gasteiger partial charge in [0, 0.05) is 60.8 Å². The van der Waals surface area contributed by atoms with Crippen molar-refractivity contribution in [1.82, 2.24) is 20.3 Å². The molecule has 0 radical (unpaired) electrons. The lowest BCUT2D eigenvalue weighted by atomic mass is 10.1. The number of rotatable bonds is 7. The monoisotopic (exact) mass is 373 g/mol. The lowest BCUT2D eigenvalue weighted by molar-refractivity contribution is 0.745. The highest BCUT2D eigenvalue weighted by Crippen LogP contribution is 2.15. The zero-order valence-corrected chi connectivity index (χ0v) is 14.7. The van der Waals surface area contributed by atoms with Gasteiger partial charge in [-0.2, -0.15) is 0 Å². The largest absolute Gasteiger partial charge is 0.344 e. The number of nitrogens with zero attached hydrogens (tertiary/aromatic N) is 4. The molecule has 6 heteroatoms. The lowest BCUT2D eigenvalue weighted by Gasteiger charge is -2.15. The molecule has 1 unspecified atom stereocenters. The number of aryl methyl sites for hydroxylation is 1. The van der Waals surface area contributed by atoms with Crippen LogP contribution in [0.25, 0.3) is 5.70 Å². The van der Waals surface area contributed by atoms with E-state index in [9.17, 15) is 0 Å². The molecule has 1 N–H and O–H groups in total. The maximum atomic E-state index is 4.31. The summed E-state index contributed by atoms with van der Waals surface area (Å²) in [4.78, 5) is 17.2. The number of halogens is 1. The lowest BCUT2D eigenvalue weighted by Crippen LogP contribution is -2.24. The molecule has 0 saturated heterocycles. The highest BCUT2D eigenvalue weighted by molar-refractivity contribution is 9.09. The molecule has 0 saturated carbocycles. The van der Waals surface area contributed by atoms with E-state index in [1.165, 1.54) is 0 Å². The van der Waals surface area contributed by atoms with Crippen LogP contribution in [0.5, 0.6) is 0 Å². The molecular formula is C17H20BrN5. The standard InChI is InChI=1S/C17H20BrN5/c1-13(14-5-3-8-20-12-14)23-17(19-2)11-15(18)6-7-16-21-9-4-10-22-16/h3-5,8-10,12,15H,1,6-7,11H2,2H3,(H,19,23). The molecule has 0 aliphatic heterocycles. The molecule has 120 valence electrons. The van der Waals surface area contributed by atoms with Crippen LogP contribution in [0.2, 0.25) is 0 Å². The number of hydrogen-bond acceptors (Lipinski definition) is 4. The van der Waals surface area contributed by atoms with Gasteiger partial charge in [0.05, 0.1) is 0 Å². The molecule has 0 bridgehead atoms. The van der Waals surface area contributed by atoms with Gasteiger partial charge in [-0.25, -0.2) is 9.97 Å². The average molecular weight is 374 g/mol. The predicted octanol–water partition coefficient (Wildman–Crippen LogP) is 3.25. The molecule has 0 fully saturated rings. The molecular weight excluding hydrogens is 354 g/mol. The zero-order chi connectivity index (χ0) is 16.5. The van der Waals surface area contributed by atoms with E-state index in [1.807, 2.05) is 18.2 Å². The van der Waals surface area contributed by atoms with Crippen LogP contribution in [-0.4, -0.2) is 32.7 Å². The SMILES string of the molecule is C=C(NC(CC(Br)CCc1ncccn1)=NC)c1cccnc1. The van der Waals surface area contributed by atoms with Gasteiger partial charge < -0.3 is 5.32 Å². The Kier molecular flexibility index (Phi) is 6.87. The molecule has 2 aromatic rings. The average Bonchev–Trinajstić information content (AvgIpc) is 2.61. The van der Waals surface area contributed by atoms with Gasteiger partial charge in [0.25, 0.3) is 0 Å². The Morgan fingerprint density at radius 3 is 2.74 bits per heavy atom. The minimum Gasteiger partial charge on any atom is -0.344 e. The summed E-state index contributed by atoms with van der Waals surface area (Å²) in [5, 5.41) is 3.27. The van der Waals surface area contributed by atoms with Gasteiger partial charge in [-0.15, -0.1) is 0 Å². The number of alkyl halides is 1. The summed E-state index contributed by atoms with van der Waals surface area (Å²) in [6.07, 6.45) is 9.60. The third-order valence-corrected chi connectivity index (χ3v) is 4.07. The van der Waals surface area contributed by atoms with Crippen molar-refractivity contribution >= 4 is 27.5 Å². The van der Waals surface area contributed by atoms with Gasteiger partial charge in [-0.3, -0.25) is 9.98 Å². The third-order valence-electron chi connectivity index (χ3n) is 3.29. The Morgan fingerprint density at radius 1 is 1.30 bits per heavy atom. The summed E-state index contributed by atoms with van der Waals surface area (Å²) in [5.41, 5.74) is 1.75. The van der Waals surface area contributed by atoms with E-state index in [0.717, 1.165) is 42.2 Å². The van der Waals surface area contributed by atoms with Crippen molar-refractivity contribution in [2.75, 3.05) is 7.05 Å². The fourth-order valence-corrected chi connectivity index (χ4v) is 2.58. The molecule has 2 rings (SSSR count). The minimum absolute atomic E-state index is 0.291. The fraction of sp³-hybridized carbons (Fsp3) is 0.294. The summed E-state index contributed by atoms with van der Waals surface area (Å²) in [5.74, 6) is 1.74. The van der Waals surface area contributed by atoms with Crippen molar-refractivity contribution < 1.29 is 0 Å². The molecule has 23 heavy (non-hydrogen) atoms. The number of amidine groups is 1. The summed E-state index contributed by atoms with van der Waals surface area (Å²) in [6, 6.07) is 5.68. The highest BCUT2D eigenvalue weighted by atomic mass is 79.9. The molecule has 0 aromatic carbocycles. The van der Waals surface area contributed by atoms with Gasteiger partial charge >= 0.3 is 0 Å². The molecule has 0 aliphatic carbocycles. The van der Waals surface area contributed by atoms with E-state index in [-0.39, 0.29) is 0 Å². The van der Waals surface area contributed by atoms with Crippen LogP contribution in [0.4, 0.5) is 0 Å². The first kappa shape index (κ1) is 17.3. The molecule has 0 amide bonds. The Morgan fingerprint density at radius 2 is 2.09 bits per heavy atom. The molecule has 2 heterocycles. The maximum Gasteiger partial charge on any atom is 0.128 e. The van der Waals surface area contributed by atoms with Gasteiger partial charge in [0.2, 0.25) is 0 Å². The Labute approximate surface area is 145 Å². The van der Waals surface area contributed by atoms with Crippen LogP contribution in [0, 0.1) is 0 Å². The Hall–Kier alpha value is -2.08. The first-order valence-corrected chi connectivity index (χ1v) is 8.32. The Bertz CT molecular complexity index is 643. The van der Waals surface area contributed by atoms with Crippen molar-refractivity contribution in [2.24, 2.45) is 4.99 Å². The summed E-state index contributed by atoms with van der Waals surface area (Å²) in [6.45, 7) is 4.05. The number of aromatic nitrogens is 3. The second-order valence-electron chi connectivity index (χ2n) is 5.02. The second-order valence-corrected chi connectivity index (χ2v) is 6.32. The van der Waals surface area contributed by atoms with Crippen molar-refractivity contribution in [2.45, 2.75) is 24.1 Å². The van der Waals surface area contributed by atoms with Crippen LogP contribution in [-0.2, 0) is 6.42 Å². The molecule has 0 spiro atoms. The van der Waals surface area contributed by atoms with Crippen LogP contribution < -0.4 is 5.32 Å². The van der Waals surface area contributed by atoms with Gasteiger partial charge in [0.15, 0.2) is 0 Å². The van der Waals surface area contributed by atoms with Crippen LogP contribution in [0.15, 0.2) is 54.6 Å². The minimum atomic E-state index is 0.291. The van der Waals surface area contributed by atoms with Crippen molar-refractivity contribution in [3.05, 3.63) is 61.0 Å². The summed E-state index contributed by atoms with van der Waals surface area (Å²) < 4.78 is 0. The predicted molar refractivity (Wildman–Crippen MR) is 97.5 cm³/mol. The molecule has 2 aromatic heterocycles. The number of pyridine rings is 1. The van der Waals surface area contributed by atoms with Crippen molar-refractivity contribution in [1.29, 1.82) is 0 Å². The van der Waals surface area contributed by atoms with Crippen LogP contribution in [0.3, 0.4) is 0 Å². The molecule has 0 aliphatic rings. The molecule has 5 nitrogen and oxygen atoms in total. The van der Waals surface area contributed by atoms with Crippen molar-refractivity contribution in [3.63, 3.8) is 0 Å². The highest BCUT2D eigenvalue weighted by Gasteiger charge is 2.11. The summed E-state index contributed by atoms with van der Waals surface area (Å²) in [7, 11) is 1.78. The normalized spacial score (nSPS) is 12.7. The smallest absolute Gasteiger partial charge is 0.128 e. The van der Waals surface area contributed by atoms with Gasteiger partial charge in [-0.1, -0.05) is 22.5 Å². The number of hydrogen-bond donors (Lipinski definition) is 1. The van der Waals surface area contributed by atoms with Crippen LogP contribution in [0.1, 0.15) is 24.2 Å². The maximum absolute atomic E-state index is 4.31. The second kappa shape index (κ2) is 9.15. The van der Waals surface area contributed by atoms with E-state index < -0.39 is 0 Å². The first-order chi connectivity index (χ1) is 11.2. The number of nitrogens with one attached hydrogen (secondary N) is 1. The number of aliphatic imine (C=N–C) groups is 1. The van der Waals surface area contributed by atoms with Gasteiger partial charge in [0.1, 0.15) is 11.7 Å². The van der Waals surface area contributed by atoms with Gasteiger partial charge in [-0.05, 0) is 24.6 Å². The third kappa shape index (κ3) is 5.90. The van der Waals surface area contributed by atoms with E-state index in [2.05, 4.69) is 47.8 Å². The topological polar surface area (TPSA) is 63.1 Å². The van der Waals surface area contributed by atoms with E-state index in [1.54, 1.807) is 31.8 Å². The van der Waals surface area contributed by atoms with Crippen molar-refractivity contribution in [3.8, 4) is 0 Å². The Balaban J connectivity index is 1.83. The fourth-order valence-electron chi connectivity index (χ4n) is 2.04.